The van der Waals surface area contributed by atoms with Gasteiger partial charge in [-0.1, -0.05) is 6.07 Å². The standard InChI is InChI=1S/C17H13N3O5S/c1-25-13-4-2-3-11(9-13)18-17-19-16(22)15(26-17)8-10-7-12(20(23)24)5-6-14(10)21/h2-9,21H,1H3,(H,18,19,22). The number of hydrogen-bond acceptors (Lipinski definition) is 7. The number of phenolic OH excluding ortho intramolecular Hbond substituents is 1. The van der Waals surface area contributed by atoms with E-state index in [1.54, 1.807) is 31.4 Å². The summed E-state index contributed by atoms with van der Waals surface area (Å²) in [7, 11) is 1.55. The van der Waals surface area contributed by atoms with Crippen LogP contribution in [0.4, 0.5) is 11.4 Å². The van der Waals surface area contributed by atoms with E-state index in [2.05, 4.69) is 10.3 Å². The van der Waals surface area contributed by atoms with Crippen LogP contribution in [0, 0.1) is 10.1 Å². The fraction of sp³-hybridized carbons (Fsp3) is 0.0588. The summed E-state index contributed by atoms with van der Waals surface area (Å²) >= 11 is 1.07. The lowest BCUT2D eigenvalue weighted by atomic mass is 10.1. The van der Waals surface area contributed by atoms with Gasteiger partial charge in [0.2, 0.25) is 0 Å². The first-order chi connectivity index (χ1) is 12.5. The summed E-state index contributed by atoms with van der Waals surface area (Å²) in [6.07, 6.45) is 1.39. The molecule has 1 amide bonds. The normalized spacial score (nSPS) is 16.7. The maximum absolute atomic E-state index is 12.1. The number of ether oxygens (including phenoxy) is 1. The van der Waals surface area contributed by atoms with E-state index < -0.39 is 10.8 Å². The van der Waals surface area contributed by atoms with Crippen molar-refractivity contribution < 1.29 is 19.6 Å². The SMILES string of the molecule is COc1cccc(N=C2NC(=O)C(=Cc3cc([N+](=O)[O-])ccc3O)S2)c1. The molecule has 1 aliphatic heterocycles. The summed E-state index contributed by atoms with van der Waals surface area (Å²) in [6, 6.07) is 10.6. The Morgan fingerprint density at radius 2 is 2.12 bits per heavy atom. The van der Waals surface area contributed by atoms with Gasteiger partial charge in [0.25, 0.3) is 11.6 Å². The zero-order valence-electron chi connectivity index (χ0n) is 13.5. The first kappa shape index (κ1) is 17.5. The molecule has 132 valence electrons. The fourth-order valence-electron chi connectivity index (χ4n) is 2.19. The number of phenols is 1. The molecule has 1 aliphatic rings. The minimum absolute atomic E-state index is 0.158. The van der Waals surface area contributed by atoms with E-state index >= 15 is 0 Å². The number of amidine groups is 1. The summed E-state index contributed by atoms with van der Waals surface area (Å²) in [5.41, 5.74) is 0.606. The van der Waals surface area contributed by atoms with Crippen LogP contribution in [0.5, 0.6) is 11.5 Å². The second kappa shape index (κ2) is 7.28. The van der Waals surface area contributed by atoms with Crippen LogP contribution < -0.4 is 10.1 Å². The summed E-state index contributed by atoms with van der Waals surface area (Å²) in [4.78, 5) is 27.0. The van der Waals surface area contributed by atoms with Crippen molar-refractivity contribution in [2.24, 2.45) is 4.99 Å². The molecule has 0 atom stereocenters. The Morgan fingerprint density at radius 1 is 1.31 bits per heavy atom. The number of carbonyl (C=O) groups is 1. The fourth-order valence-corrected chi connectivity index (χ4v) is 3.02. The number of nitrogens with one attached hydrogen (secondary N) is 1. The minimum atomic E-state index is -0.570. The van der Waals surface area contributed by atoms with E-state index in [1.165, 1.54) is 24.3 Å². The summed E-state index contributed by atoms with van der Waals surface area (Å²) in [6.45, 7) is 0. The van der Waals surface area contributed by atoms with Gasteiger partial charge in [-0.2, -0.15) is 0 Å². The zero-order valence-corrected chi connectivity index (χ0v) is 14.3. The molecule has 3 rings (SSSR count). The lowest BCUT2D eigenvalue weighted by Crippen LogP contribution is -2.19. The highest BCUT2D eigenvalue weighted by Crippen LogP contribution is 2.32. The molecule has 0 bridgehead atoms. The zero-order chi connectivity index (χ0) is 18.7. The molecule has 26 heavy (non-hydrogen) atoms. The quantitative estimate of drug-likeness (QED) is 0.485. The molecule has 2 aromatic carbocycles. The average Bonchev–Trinajstić information content (AvgIpc) is 2.95. The van der Waals surface area contributed by atoms with Crippen molar-refractivity contribution >= 4 is 40.3 Å². The first-order valence-electron chi connectivity index (χ1n) is 7.37. The number of rotatable bonds is 4. The highest BCUT2D eigenvalue weighted by molar-refractivity contribution is 8.18. The van der Waals surface area contributed by atoms with Crippen LogP contribution in [-0.4, -0.2) is 28.2 Å². The molecule has 9 heteroatoms. The number of carbonyl (C=O) groups excluding carboxylic acids is 1. The number of aliphatic imine (C=N–C) groups is 1. The number of non-ortho nitro benzene ring substituents is 1. The summed E-state index contributed by atoms with van der Waals surface area (Å²) in [5, 5.41) is 23.7. The number of methoxy groups -OCH3 is 1. The van der Waals surface area contributed by atoms with Gasteiger partial charge in [0, 0.05) is 23.8 Å². The number of benzene rings is 2. The molecule has 1 fully saturated rings. The highest BCUT2D eigenvalue weighted by atomic mass is 32.2. The Morgan fingerprint density at radius 3 is 2.85 bits per heavy atom. The molecule has 1 saturated heterocycles. The van der Waals surface area contributed by atoms with Gasteiger partial charge in [0.1, 0.15) is 11.5 Å². The highest BCUT2D eigenvalue weighted by Gasteiger charge is 2.24. The van der Waals surface area contributed by atoms with E-state index in [-0.39, 0.29) is 21.9 Å². The number of thioether (sulfide) groups is 1. The van der Waals surface area contributed by atoms with Crippen molar-refractivity contribution in [1.82, 2.24) is 5.32 Å². The first-order valence-corrected chi connectivity index (χ1v) is 8.19. The third kappa shape index (κ3) is 3.83. The smallest absolute Gasteiger partial charge is 0.270 e. The van der Waals surface area contributed by atoms with Crippen LogP contribution in [0.25, 0.3) is 6.08 Å². The van der Waals surface area contributed by atoms with Crippen molar-refractivity contribution in [3.05, 3.63) is 63.0 Å². The second-order valence-corrected chi connectivity index (χ2v) is 6.21. The van der Waals surface area contributed by atoms with Crippen LogP contribution in [0.15, 0.2) is 52.4 Å². The van der Waals surface area contributed by atoms with Crippen molar-refractivity contribution in [3.63, 3.8) is 0 Å². The molecule has 0 aromatic heterocycles. The number of hydrogen-bond donors (Lipinski definition) is 2. The molecular weight excluding hydrogens is 358 g/mol. The Balaban J connectivity index is 1.88. The predicted octanol–water partition coefficient (Wildman–Crippen LogP) is 3.20. The van der Waals surface area contributed by atoms with E-state index in [1.807, 2.05) is 0 Å². The van der Waals surface area contributed by atoms with Gasteiger partial charge in [0.15, 0.2) is 5.17 Å². The van der Waals surface area contributed by atoms with Gasteiger partial charge in [-0.15, -0.1) is 0 Å². The van der Waals surface area contributed by atoms with E-state index in [9.17, 15) is 20.0 Å². The molecule has 0 radical (unpaired) electrons. The summed E-state index contributed by atoms with van der Waals surface area (Å²) < 4.78 is 5.13. The van der Waals surface area contributed by atoms with Gasteiger partial charge in [0.05, 0.1) is 22.6 Å². The lowest BCUT2D eigenvalue weighted by molar-refractivity contribution is -0.384. The second-order valence-electron chi connectivity index (χ2n) is 5.18. The van der Waals surface area contributed by atoms with Gasteiger partial charge < -0.3 is 15.2 Å². The third-order valence-electron chi connectivity index (χ3n) is 3.44. The monoisotopic (exact) mass is 371 g/mol. The maximum Gasteiger partial charge on any atom is 0.270 e. The van der Waals surface area contributed by atoms with E-state index in [0.29, 0.717) is 16.6 Å². The predicted molar refractivity (Wildman–Crippen MR) is 98.6 cm³/mol. The average molecular weight is 371 g/mol. The van der Waals surface area contributed by atoms with Crippen molar-refractivity contribution in [2.75, 3.05) is 7.11 Å². The Kier molecular flexibility index (Phi) is 4.90. The van der Waals surface area contributed by atoms with Gasteiger partial charge in [-0.05, 0) is 36.0 Å². The number of nitro groups is 1. The molecule has 8 nitrogen and oxygen atoms in total. The van der Waals surface area contributed by atoms with E-state index in [4.69, 9.17) is 4.74 Å². The molecular formula is C17H13N3O5S. The van der Waals surface area contributed by atoms with Crippen molar-refractivity contribution in [1.29, 1.82) is 0 Å². The van der Waals surface area contributed by atoms with Gasteiger partial charge in [-0.3, -0.25) is 14.9 Å². The van der Waals surface area contributed by atoms with Crippen LogP contribution >= 0.6 is 11.8 Å². The lowest BCUT2D eigenvalue weighted by Gasteiger charge is -2.01. The number of amides is 1. The molecule has 2 N–H and O–H groups in total. The third-order valence-corrected chi connectivity index (χ3v) is 4.35. The Labute approximate surface area is 152 Å². The molecule has 2 aromatic rings. The molecule has 0 saturated carbocycles. The van der Waals surface area contributed by atoms with Crippen molar-refractivity contribution in [3.8, 4) is 11.5 Å². The van der Waals surface area contributed by atoms with Crippen molar-refractivity contribution in [2.45, 2.75) is 0 Å². The Hall–Kier alpha value is -3.33. The van der Waals surface area contributed by atoms with Crippen LogP contribution in [0.1, 0.15) is 5.56 Å². The Bertz CT molecular complexity index is 955. The van der Waals surface area contributed by atoms with E-state index in [0.717, 1.165) is 11.8 Å². The number of nitro benzene ring substituents is 1. The molecule has 0 spiro atoms. The number of nitrogens with zero attached hydrogens (tertiary/aromatic N) is 2. The molecule has 1 heterocycles. The summed E-state index contributed by atoms with van der Waals surface area (Å²) in [5.74, 6) is 0.0793. The van der Waals surface area contributed by atoms with Crippen LogP contribution in [0.3, 0.4) is 0 Å². The number of aromatic hydroxyl groups is 1. The topological polar surface area (TPSA) is 114 Å². The van der Waals surface area contributed by atoms with Crippen LogP contribution in [-0.2, 0) is 4.79 Å². The van der Waals surface area contributed by atoms with Gasteiger partial charge >= 0.3 is 0 Å². The maximum atomic E-state index is 12.1. The van der Waals surface area contributed by atoms with Crippen LogP contribution in [0.2, 0.25) is 0 Å². The molecule has 0 unspecified atom stereocenters. The van der Waals surface area contributed by atoms with Gasteiger partial charge in [-0.25, -0.2) is 4.99 Å². The molecule has 0 aliphatic carbocycles. The minimum Gasteiger partial charge on any atom is -0.507 e. The largest absolute Gasteiger partial charge is 0.507 e.